The molecule has 1 nitrogen and oxygen atoms in total. The molecule has 2 aromatic carbocycles. The average Bonchev–Trinajstić information content (AvgIpc) is 2.38. The minimum atomic E-state index is -0.822. The quantitative estimate of drug-likeness (QED) is 0.816. The Morgan fingerprint density at radius 2 is 1.79 bits per heavy atom. The van der Waals surface area contributed by atoms with Crippen LogP contribution in [0.25, 0.3) is 0 Å². The summed E-state index contributed by atoms with van der Waals surface area (Å²) in [5, 5.41) is 3.20. The number of rotatable bonds is 3. The molecule has 19 heavy (non-hydrogen) atoms. The maximum Gasteiger partial charge on any atom is 0.164 e. The summed E-state index contributed by atoms with van der Waals surface area (Å²) >= 11 is 3.44. The van der Waals surface area contributed by atoms with Gasteiger partial charge in [0.2, 0.25) is 0 Å². The lowest BCUT2D eigenvalue weighted by atomic mass is 10.1. The molecule has 0 spiro atoms. The zero-order valence-electron chi connectivity index (χ0n) is 10.7. The van der Waals surface area contributed by atoms with Crippen LogP contribution in [-0.4, -0.2) is 0 Å². The Bertz CT molecular complexity index is 599. The molecule has 0 aliphatic rings. The summed E-state index contributed by atoms with van der Waals surface area (Å²) in [4.78, 5) is 0. The van der Waals surface area contributed by atoms with Gasteiger partial charge in [-0.1, -0.05) is 34.1 Å². The second-order valence-corrected chi connectivity index (χ2v) is 5.28. The molecule has 0 aromatic heterocycles. The summed E-state index contributed by atoms with van der Waals surface area (Å²) in [6, 6.07) is 9.65. The topological polar surface area (TPSA) is 12.0 Å². The normalized spacial score (nSPS) is 12.3. The van der Waals surface area contributed by atoms with E-state index in [0.29, 0.717) is 5.56 Å². The van der Waals surface area contributed by atoms with Crippen LogP contribution in [0.15, 0.2) is 40.9 Å². The van der Waals surface area contributed by atoms with Gasteiger partial charge < -0.3 is 5.32 Å². The first-order valence-electron chi connectivity index (χ1n) is 5.96. The average molecular weight is 326 g/mol. The van der Waals surface area contributed by atoms with Crippen molar-refractivity contribution in [2.24, 2.45) is 0 Å². The molecule has 2 aromatic rings. The molecular formula is C15H14BrF2N. The number of nitrogens with one attached hydrogen (secondary N) is 1. The molecule has 0 fully saturated rings. The highest BCUT2D eigenvalue weighted by Gasteiger charge is 2.14. The van der Waals surface area contributed by atoms with Crippen molar-refractivity contribution in [1.29, 1.82) is 0 Å². The van der Waals surface area contributed by atoms with E-state index < -0.39 is 11.6 Å². The number of halogens is 3. The SMILES string of the molecule is Cc1c(Br)cccc1NC(C)c1cccc(F)c1F. The maximum atomic E-state index is 13.7. The third-order valence-corrected chi connectivity index (χ3v) is 3.95. The summed E-state index contributed by atoms with van der Waals surface area (Å²) in [6.07, 6.45) is 0. The van der Waals surface area contributed by atoms with Crippen LogP contribution in [0.4, 0.5) is 14.5 Å². The molecule has 0 bridgehead atoms. The molecule has 1 N–H and O–H groups in total. The molecule has 0 heterocycles. The first-order chi connectivity index (χ1) is 9.00. The highest BCUT2D eigenvalue weighted by atomic mass is 79.9. The van der Waals surface area contributed by atoms with Crippen LogP contribution in [0, 0.1) is 18.6 Å². The molecule has 0 radical (unpaired) electrons. The molecule has 100 valence electrons. The van der Waals surface area contributed by atoms with Gasteiger partial charge in [0.25, 0.3) is 0 Å². The Morgan fingerprint density at radius 3 is 2.53 bits per heavy atom. The standard InChI is InChI=1S/C15H14BrF2N/c1-9-12(16)6-4-8-14(9)19-10(2)11-5-3-7-13(17)15(11)18/h3-8,10,19H,1-2H3. The second kappa shape index (κ2) is 5.70. The van der Waals surface area contributed by atoms with E-state index in [9.17, 15) is 8.78 Å². The van der Waals surface area contributed by atoms with Gasteiger partial charge in [-0.2, -0.15) is 0 Å². The smallest absolute Gasteiger partial charge is 0.164 e. The van der Waals surface area contributed by atoms with Crippen molar-refractivity contribution < 1.29 is 8.78 Å². The number of hydrogen-bond donors (Lipinski definition) is 1. The third kappa shape index (κ3) is 2.95. The van der Waals surface area contributed by atoms with Gasteiger partial charge in [0, 0.05) is 15.7 Å². The number of hydrogen-bond acceptors (Lipinski definition) is 1. The van der Waals surface area contributed by atoms with Crippen LogP contribution < -0.4 is 5.32 Å². The highest BCUT2D eigenvalue weighted by Crippen LogP contribution is 2.28. The fourth-order valence-electron chi connectivity index (χ4n) is 1.93. The van der Waals surface area contributed by atoms with Gasteiger partial charge in [0.15, 0.2) is 11.6 Å². The molecule has 0 saturated heterocycles. The summed E-state index contributed by atoms with van der Waals surface area (Å²) in [7, 11) is 0. The molecule has 2 rings (SSSR count). The van der Waals surface area contributed by atoms with E-state index in [4.69, 9.17) is 0 Å². The second-order valence-electron chi connectivity index (χ2n) is 4.42. The third-order valence-electron chi connectivity index (χ3n) is 3.09. The first kappa shape index (κ1) is 14.0. The van der Waals surface area contributed by atoms with E-state index in [1.165, 1.54) is 6.07 Å². The van der Waals surface area contributed by atoms with Crippen molar-refractivity contribution in [2.45, 2.75) is 19.9 Å². The fourth-order valence-corrected chi connectivity index (χ4v) is 2.30. The van der Waals surface area contributed by atoms with Gasteiger partial charge in [-0.15, -0.1) is 0 Å². The fraction of sp³-hybridized carbons (Fsp3) is 0.200. The molecule has 1 atom stereocenters. The summed E-state index contributed by atoms with van der Waals surface area (Å²) in [5.41, 5.74) is 2.25. The van der Waals surface area contributed by atoms with Crippen molar-refractivity contribution in [3.05, 3.63) is 63.6 Å². The van der Waals surface area contributed by atoms with Crippen LogP contribution in [-0.2, 0) is 0 Å². The molecule has 0 aliphatic carbocycles. The summed E-state index contributed by atoms with van der Waals surface area (Å²) < 4.78 is 27.9. The lowest BCUT2D eigenvalue weighted by Crippen LogP contribution is -2.10. The Hall–Kier alpha value is -1.42. The minimum absolute atomic E-state index is 0.316. The van der Waals surface area contributed by atoms with Crippen LogP contribution in [0.5, 0.6) is 0 Å². The molecule has 4 heteroatoms. The van der Waals surface area contributed by atoms with E-state index in [1.54, 1.807) is 13.0 Å². The van der Waals surface area contributed by atoms with E-state index >= 15 is 0 Å². The van der Waals surface area contributed by atoms with Crippen molar-refractivity contribution in [3.8, 4) is 0 Å². The predicted molar refractivity (Wildman–Crippen MR) is 77.3 cm³/mol. The van der Waals surface area contributed by atoms with E-state index in [2.05, 4.69) is 21.2 Å². The van der Waals surface area contributed by atoms with Crippen LogP contribution in [0.1, 0.15) is 24.1 Å². The molecular weight excluding hydrogens is 312 g/mol. The Kier molecular flexibility index (Phi) is 4.20. The van der Waals surface area contributed by atoms with Crippen LogP contribution in [0.2, 0.25) is 0 Å². The van der Waals surface area contributed by atoms with Gasteiger partial charge in [-0.25, -0.2) is 8.78 Å². The number of benzene rings is 2. The van der Waals surface area contributed by atoms with E-state index in [1.807, 2.05) is 25.1 Å². The largest absolute Gasteiger partial charge is 0.378 e. The Labute approximate surface area is 119 Å². The zero-order chi connectivity index (χ0) is 14.0. The predicted octanol–water partition coefficient (Wildman–Crippen LogP) is 5.21. The molecule has 0 saturated carbocycles. The zero-order valence-corrected chi connectivity index (χ0v) is 12.3. The van der Waals surface area contributed by atoms with Crippen molar-refractivity contribution in [3.63, 3.8) is 0 Å². The first-order valence-corrected chi connectivity index (χ1v) is 6.75. The lowest BCUT2D eigenvalue weighted by molar-refractivity contribution is 0.494. The van der Waals surface area contributed by atoms with Gasteiger partial charge in [0.05, 0.1) is 6.04 Å². The lowest BCUT2D eigenvalue weighted by Gasteiger charge is -2.18. The van der Waals surface area contributed by atoms with Crippen LogP contribution >= 0.6 is 15.9 Å². The van der Waals surface area contributed by atoms with Crippen molar-refractivity contribution >= 4 is 21.6 Å². The van der Waals surface area contributed by atoms with Gasteiger partial charge in [0.1, 0.15) is 0 Å². The van der Waals surface area contributed by atoms with Crippen molar-refractivity contribution in [2.75, 3.05) is 5.32 Å². The van der Waals surface area contributed by atoms with Crippen LogP contribution in [0.3, 0.4) is 0 Å². The van der Waals surface area contributed by atoms with Gasteiger partial charge in [-0.3, -0.25) is 0 Å². The van der Waals surface area contributed by atoms with Crippen molar-refractivity contribution in [1.82, 2.24) is 0 Å². The van der Waals surface area contributed by atoms with Gasteiger partial charge in [-0.05, 0) is 37.6 Å². The minimum Gasteiger partial charge on any atom is -0.378 e. The van der Waals surface area contributed by atoms with Gasteiger partial charge >= 0.3 is 0 Å². The monoisotopic (exact) mass is 325 g/mol. The molecule has 1 unspecified atom stereocenters. The summed E-state index contributed by atoms with van der Waals surface area (Å²) in [6.45, 7) is 3.76. The molecule has 0 aliphatic heterocycles. The summed E-state index contributed by atoms with van der Waals surface area (Å²) in [5.74, 6) is -1.62. The molecule has 0 amide bonds. The Morgan fingerprint density at radius 1 is 1.11 bits per heavy atom. The van der Waals surface area contributed by atoms with E-state index in [0.717, 1.165) is 21.8 Å². The Balaban J connectivity index is 2.28. The van der Waals surface area contributed by atoms with E-state index in [-0.39, 0.29) is 6.04 Å². The maximum absolute atomic E-state index is 13.7. The number of anilines is 1. The highest BCUT2D eigenvalue weighted by molar-refractivity contribution is 9.10.